The largest absolute Gasteiger partial charge is 0.338 e. The molecule has 108 valence electrons. The SMILES string of the molecule is O=CCCCCC1CCCN(Cc2ccccc2)C1=O. The van der Waals surface area contributed by atoms with Crippen LogP contribution in [0.2, 0.25) is 0 Å². The molecule has 20 heavy (non-hydrogen) atoms. The monoisotopic (exact) mass is 273 g/mol. The molecule has 1 aliphatic rings. The molecule has 2 rings (SSSR count). The summed E-state index contributed by atoms with van der Waals surface area (Å²) in [4.78, 5) is 24.7. The minimum atomic E-state index is 0.166. The van der Waals surface area contributed by atoms with Crippen molar-refractivity contribution in [2.75, 3.05) is 6.54 Å². The summed E-state index contributed by atoms with van der Waals surface area (Å²) in [5, 5.41) is 0. The van der Waals surface area contributed by atoms with Crippen molar-refractivity contribution in [3.63, 3.8) is 0 Å². The summed E-state index contributed by atoms with van der Waals surface area (Å²) < 4.78 is 0. The number of rotatable bonds is 7. The summed E-state index contributed by atoms with van der Waals surface area (Å²) in [5.41, 5.74) is 1.20. The standard InChI is InChI=1S/C17H23NO2/c19-13-6-2-5-10-16-11-7-12-18(17(16)20)14-15-8-3-1-4-9-15/h1,3-4,8-9,13,16H,2,5-7,10-12,14H2. The van der Waals surface area contributed by atoms with Crippen molar-refractivity contribution in [1.29, 1.82) is 0 Å². The Hall–Kier alpha value is -1.64. The number of piperidine rings is 1. The first-order valence-electron chi connectivity index (χ1n) is 7.57. The zero-order valence-electron chi connectivity index (χ0n) is 12.0. The highest BCUT2D eigenvalue weighted by Gasteiger charge is 2.27. The number of unbranched alkanes of at least 4 members (excludes halogenated alkanes) is 2. The summed E-state index contributed by atoms with van der Waals surface area (Å²) in [6.45, 7) is 1.60. The number of amides is 1. The van der Waals surface area contributed by atoms with Crippen molar-refractivity contribution in [2.45, 2.75) is 45.1 Å². The zero-order chi connectivity index (χ0) is 14.2. The molecule has 1 unspecified atom stereocenters. The first kappa shape index (κ1) is 14.8. The number of hydrogen-bond donors (Lipinski definition) is 0. The van der Waals surface area contributed by atoms with E-state index in [9.17, 15) is 9.59 Å². The van der Waals surface area contributed by atoms with Gasteiger partial charge in [-0.1, -0.05) is 36.8 Å². The first-order valence-corrected chi connectivity index (χ1v) is 7.57. The molecule has 1 aliphatic heterocycles. The minimum absolute atomic E-state index is 0.166. The fraction of sp³-hybridized carbons (Fsp3) is 0.529. The smallest absolute Gasteiger partial charge is 0.225 e. The maximum atomic E-state index is 12.4. The molecule has 1 amide bonds. The maximum absolute atomic E-state index is 12.4. The lowest BCUT2D eigenvalue weighted by Gasteiger charge is -2.32. The molecule has 3 nitrogen and oxygen atoms in total. The fourth-order valence-corrected chi connectivity index (χ4v) is 2.87. The summed E-state index contributed by atoms with van der Waals surface area (Å²) in [6, 6.07) is 10.2. The van der Waals surface area contributed by atoms with Gasteiger partial charge in [-0.25, -0.2) is 0 Å². The molecule has 1 atom stereocenters. The summed E-state index contributed by atoms with van der Waals surface area (Å²) >= 11 is 0. The highest BCUT2D eigenvalue weighted by molar-refractivity contribution is 5.79. The van der Waals surface area contributed by atoms with Gasteiger partial charge in [0.05, 0.1) is 0 Å². The van der Waals surface area contributed by atoms with Gasteiger partial charge in [-0.15, -0.1) is 0 Å². The van der Waals surface area contributed by atoms with Crippen LogP contribution in [0.5, 0.6) is 0 Å². The molecular formula is C17H23NO2. The van der Waals surface area contributed by atoms with Crippen LogP contribution in [-0.4, -0.2) is 23.6 Å². The van der Waals surface area contributed by atoms with Gasteiger partial charge in [-0.05, 0) is 31.2 Å². The van der Waals surface area contributed by atoms with E-state index in [1.807, 2.05) is 23.1 Å². The summed E-state index contributed by atoms with van der Waals surface area (Å²) in [6.07, 6.45) is 6.50. The van der Waals surface area contributed by atoms with Crippen LogP contribution in [-0.2, 0) is 16.1 Å². The molecule has 0 N–H and O–H groups in total. The van der Waals surface area contributed by atoms with Crippen molar-refractivity contribution < 1.29 is 9.59 Å². The predicted molar refractivity (Wildman–Crippen MR) is 79.1 cm³/mol. The first-order chi connectivity index (χ1) is 9.81. The van der Waals surface area contributed by atoms with Crippen LogP contribution in [0.4, 0.5) is 0 Å². The molecular weight excluding hydrogens is 250 g/mol. The molecule has 0 aliphatic carbocycles. The van der Waals surface area contributed by atoms with Crippen molar-refractivity contribution in [2.24, 2.45) is 5.92 Å². The molecule has 1 aromatic carbocycles. The van der Waals surface area contributed by atoms with E-state index < -0.39 is 0 Å². The Morgan fingerprint density at radius 2 is 2.00 bits per heavy atom. The van der Waals surface area contributed by atoms with E-state index in [2.05, 4.69) is 12.1 Å². The molecule has 1 aromatic rings. The lowest BCUT2D eigenvalue weighted by molar-refractivity contribution is -0.139. The lowest BCUT2D eigenvalue weighted by atomic mass is 9.91. The number of hydrogen-bond acceptors (Lipinski definition) is 2. The second-order valence-corrected chi connectivity index (χ2v) is 5.54. The van der Waals surface area contributed by atoms with Crippen LogP contribution in [0.25, 0.3) is 0 Å². The molecule has 1 heterocycles. The van der Waals surface area contributed by atoms with E-state index in [1.165, 1.54) is 5.56 Å². The van der Waals surface area contributed by atoms with Gasteiger partial charge in [-0.3, -0.25) is 4.79 Å². The Bertz CT molecular complexity index is 430. The number of nitrogens with zero attached hydrogens (tertiary/aromatic N) is 1. The van der Waals surface area contributed by atoms with Gasteiger partial charge in [0.15, 0.2) is 0 Å². The van der Waals surface area contributed by atoms with Crippen molar-refractivity contribution in [3.05, 3.63) is 35.9 Å². The Morgan fingerprint density at radius 3 is 2.75 bits per heavy atom. The van der Waals surface area contributed by atoms with Crippen LogP contribution in [0.15, 0.2) is 30.3 Å². The van der Waals surface area contributed by atoms with Crippen LogP contribution >= 0.6 is 0 Å². The zero-order valence-corrected chi connectivity index (χ0v) is 12.0. The third-order valence-corrected chi connectivity index (χ3v) is 3.98. The van der Waals surface area contributed by atoms with Crippen molar-refractivity contribution in [3.8, 4) is 0 Å². The second-order valence-electron chi connectivity index (χ2n) is 5.54. The van der Waals surface area contributed by atoms with Crippen LogP contribution in [0, 0.1) is 5.92 Å². The van der Waals surface area contributed by atoms with E-state index in [1.54, 1.807) is 0 Å². The summed E-state index contributed by atoms with van der Waals surface area (Å²) in [7, 11) is 0. The molecule has 0 bridgehead atoms. The third kappa shape index (κ3) is 4.19. The van der Waals surface area contributed by atoms with Gasteiger partial charge in [0, 0.05) is 25.4 Å². The lowest BCUT2D eigenvalue weighted by Crippen LogP contribution is -2.40. The highest BCUT2D eigenvalue weighted by Crippen LogP contribution is 2.24. The fourth-order valence-electron chi connectivity index (χ4n) is 2.87. The van der Waals surface area contributed by atoms with Crippen molar-refractivity contribution in [1.82, 2.24) is 4.90 Å². The number of aldehydes is 1. The van der Waals surface area contributed by atoms with Gasteiger partial charge in [-0.2, -0.15) is 0 Å². The van der Waals surface area contributed by atoms with Gasteiger partial charge in [0.25, 0.3) is 0 Å². The predicted octanol–water partition coefficient (Wildman–Crippen LogP) is 3.18. The molecule has 0 aromatic heterocycles. The van der Waals surface area contributed by atoms with Crippen LogP contribution < -0.4 is 0 Å². The van der Waals surface area contributed by atoms with Gasteiger partial charge in [0.1, 0.15) is 6.29 Å². The van der Waals surface area contributed by atoms with Crippen molar-refractivity contribution >= 4 is 12.2 Å². The minimum Gasteiger partial charge on any atom is -0.338 e. The van der Waals surface area contributed by atoms with E-state index in [-0.39, 0.29) is 5.92 Å². The van der Waals surface area contributed by atoms with Gasteiger partial charge >= 0.3 is 0 Å². The number of carbonyl (C=O) groups is 2. The number of benzene rings is 1. The second kappa shape index (κ2) is 7.83. The Labute approximate surface area is 121 Å². The van der Waals surface area contributed by atoms with Crippen LogP contribution in [0.3, 0.4) is 0 Å². The Balaban J connectivity index is 1.85. The molecule has 0 saturated carbocycles. The average molecular weight is 273 g/mol. The van der Waals surface area contributed by atoms with E-state index in [0.29, 0.717) is 12.3 Å². The topological polar surface area (TPSA) is 37.4 Å². The highest BCUT2D eigenvalue weighted by atomic mass is 16.2. The number of likely N-dealkylation sites (tertiary alicyclic amines) is 1. The molecule has 1 saturated heterocycles. The number of carbonyl (C=O) groups excluding carboxylic acids is 2. The average Bonchev–Trinajstić information content (AvgIpc) is 2.48. The van der Waals surface area contributed by atoms with E-state index in [4.69, 9.17) is 0 Å². The van der Waals surface area contributed by atoms with Gasteiger partial charge in [0.2, 0.25) is 5.91 Å². The Kier molecular flexibility index (Phi) is 5.78. The summed E-state index contributed by atoms with van der Waals surface area (Å²) in [5.74, 6) is 0.463. The van der Waals surface area contributed by atoms with E-state index in [0.717, 1.165) is 51.5 Å². The molecule has 3 heteroatoms. The maximum Gasteiger partial charge on any atom is 0.225 e. The molecule has 1 fully saturated rings. The molecule has 0 spiro atoms. The van der Waals surface area contributed by atoms with E-state index >= 15 is 0 Å². The van der Waals surface area contributed by atoms with Crippen LogP contribution in [0.1, 0.15) is 44.1 Å². The normalized spacial score (nSPS) is 19.1. The Morgan fingerprint density at radius 1 is 1.20 bits per heavy atom. The quantitative estimate of drug-likeness (QED) is 0.565. The van der Waals surface area contributed by atoms with Gasteiger partial charge < -0.3 is 9.69 Å². The molecule has 0 radical (unpaired) electrons. The third-order valence-electron chi connectivity index (χ3n) is 3.98.